The lowest BCUT2D eigenvalue weighted by Crippen LogP contribution is -2.54. The quantitative estimate of drug-likeness (QED) is 0.649. The fourth-order valence-electron chi connectivity index (χ4n) is 5.31. The van der Waals surface area contributed by atoms with Crippen LogP contribution in [0.4, 0.5) is 10.1 Å². The number of imide groups is 1. The Balaban J connectivity index is 1.61. The van der Waals surface area contributed by atoms with Crippen molar-refractivity contribution in [2.75, 3.05) is 5.32 Å². The van der Waals surface area contributed by atoms with Crippen LogP contribution in [-0.2, 0) is 26.5 Å². The maximum absolute atomic E-state index is 13.6. The van der Waals surface area contributed by atoms with Gasteiger partial charge in [-0.2, -0.15) is 0 Å². The number of hydrogen-bond acceptors (Lipinski definition) is 5. The van der Waals surface area contributed by atoms with Crippen LogP contribution in [0.15, 0.2) is 42.5 Å². The molecule has 0 radical (unpaired) electrons. The molecule has 2 saturated heterocycles. The highest BCUT2D eigenvalue weighted by Crippen LogP contribution is 2.54. The van der Waals surface area contributed by atoms with Crippen molar-refractivity contribution < 1.29 is 23.9 Å². The number of anilines is 1. The van der Waals surface area contributed by atoms with Gasteiger partial charge in [0.05, 0.1) is 24.5 Å². The van der Waals surface area contributed by atoms with Crippen LogP contribution in [0.2, 0.25) is 0 Å². The van der Waals surface area contributed by atoms with Crippen molar-refractivity contribution in [2.24, 2.45) is 11.8 Å². The molecule has 2 aromatic carbocycles. The summed E-state index contributed by atoms with van der Waals surface area (Å²) < 4.78 is 13.3. The van der Waals surface area contributed by atoms with Crippen molar-refractivity contribution in [3.8, 4) is 0 Å². The second kappa shape index (κ2) is 6.70. The van der Waals surface area contributed by atoms with E-state index in [0.29, 0.717) is 16.8 Å². The number of fused-ring (bicyclic) bond motifs is 4. The number of carbonyl (C=O) groups excluding carboxylic acids is 3. The minimum absolute atomic E-state index is 0.0180. The molecule has 3 aliphatic heterocycles. The summed E-state index contributed by atoms with van der Waals surface area (Å²) in [6.07, 6.45) is -0.962. The van der Waals surface area contributed by atoms with Gasteiger partial charge >= 0.3 is 0 Å². The SMILES string of the molecule is Cc1cccc2c1NC(=O)[C@]21N[C@H]([C@H](C)O)[C@H]2C(=O)N(Cc3ccc(F)cc3)C(=O)[C@H]21. The van der Waals surface area contributed by atoms with Gasteiger partial charge in [0.15, 0.2) is 0 Å². The minimum Gasteiger partial charge on any atom is -0.392 e. The number of aliphatic hydroxyl groups is 1. The Morgan fingerprint density at radius 2 is 1.84 bits per heavy atom. The number of nitrogens with zero attached hydrogens (tertiary/aromatic N) is 1. The number of para-hydroxylation sites is 1. The molecule has 7 nitrogen and oxygen atoms in total. The van der Waals surface area contributed by atoms with Crippen molar-refractivity contribution in [1.82, 2.24) is 10.2 Å². The summed E-state index contributed by atoms with van der Waals surface area (Å²) >= 11 is 0. The van der Waals surface area contributed by atoms with E-state index in [1.165, 1.54) is 31.2 Å². The fourth-order valence-corrected chi connectivity index (χ4v) is 5.31. The Kier molecular flexibility index (Phi) is 4.29. The number of amides is 3. The van der Waals surface area contributed by atoms with Crippen LogP contribution in [0, 0.1) is 24.6 Å². The van der Waals surface area contributed by atoms with E-state index in [-0.39, 0.29) is 6.54 Å². The van der Waals surface area contributed by atoms with Crippen molar-refractivity contribution in [3.63, 3.8) is 0 Å². The summed E-state index contributed by atoms with van der Waals surface area (Å²) in [5.41, 5.74) is 1.26. The maximum atomic E-state index is 13.6. The van der Waals surface area contributed by atoms with Crippen LogP contribution in [0.3, 0.4) is 0 Å². The lowest BCUT2D eigenvalue weighted by molar-refractivity contribution is -0.143. The molecule has 0 unspecified atom stereocenters. The topological polar surface area (TPSA) is 98.7 Å². The Morgan fingerprint density at radius 1 is 1.13 bits per heavy atom. The zero-order valence-corrected chi connectivity index (χ0v) is 17.1. The first-order chi connectivity index (χ1) is 14.8. The summed E-state index contributed by atoms with van der Waals surface area (Å²) in [7, 11) is 0. The van der Waals surface area contributed by atoms with Crippen LogP contribution in [0.1, 0.15) is 23.6 Å². The van der Waals surface area contributed by atoms with Crippen molar-refractivity contribution >= 4 is 23.4 Å². The minimum atomic E-state index is -1.43. The highest BCUT2D eigenvalue weighted by atomic mass is 19.1. The number of aryl methyl sites for hydroxylation is 1. The molecule has 3 heterocycles. The summed E-state index contributed by atoms with van der Waals surface area (Å²) in [4.78, 5) is 41.3. The predicted molar refractivity (Wildman–Crippen MR) is 109 cm³/mol. The number of carbonyl (C=O) groups is 3. The smallest absolute Gasteiger partial charge is 0.250 e. The molecule has 0 aliphatic carbocycles. The average molecular weight is 423 g/mol. The second-order valence-corrected chi connectivity index (χ2v) is 8.56. The molecule has 31 heavy (non-hydrogen) atoms. The highest BCUT2D eigenvalue weighted by Gasteiger charge is 2.71. The van der Waals surface area contributed by atoms with E-state index >= 15 is 0 Å². The lowest BCUT2D eigenvalue weighted by Gasteiger charge is -2.30. The highest BCUT2D eigenvalue weighted by molar-refractivity contribution is 6.15. The number of halogens is 1. The van der Waals surface area contributed by atoms with Gasteiger partial charge in [-0.05, 0) is 37.1 Å². The summed E-state index contributed by atoms with van der Waals surface area (Å²) in [5.74, 6) is -3.59. The van der Waals surface area contributed by atoms with E-state index in [2.05, 4.69) is 10.6 Å². The number of rotatable bonds is 3. The first-order valence-electron chi connectivity index (χ1n) is 10.2. The molecular weight excluding hydrogens is 401 g/mol. The number of hydrogen-bond donors (Lipinski definition) is 3. The zero-order valence-electron chi connectivity index (χ0n) is 17.1. The second-order valence-electron chi connectivity index (χ2n) is 8.56. The zero-order chi connectivity index (χ0) is 22.1. The average Bonchev–Trinajstić information content (AvgIpc) is 3.32. The first-order valence-corrected chi connectivity index (χ1v) is 10.2. The van der Waals surface area contributed by atoms with Gasteiger partial charge in [0, 0.05) is 17.3 Å². The molecule has 3 amide bonds. The molecule has 5 rings (SSSR count). The third kappa shape index (κ3) is 2.61. The number of likely N-dealkylation sites (tertiary alicyclic amines) is 1. The molecule has 0 aromatic heterocycles. The summed E-state index contributed by atoms with van der Waals surface area (Å²) in [6.45, 7) is 3.38. The first kappa shape index (κ1) is 19.8. The molecular formula is C23H22FN3O4. The Morgan fingerprint density at radius 3 is 2.52 bits per heavy atom. The van der Waals surface area contributed by atoms with E-state index in [9.17, 15) is 23.9 Å². The number of benzene rings is 2. The van der Waals surface area contributed by atoms with Crippen LogP contribution < -0.4 is 10.6 Å². The van der Waals surface area contributed by atoms with E-state index in [1.807, 2.05) is 13.0 Å². The van der Waals surface area contributed by atoms with Gasteiger partial charge in [0.1, 0.15) is 11.4 Å². The monoisotopic (exact) mass is 423 g/mol. The summed E-state index contributed by atoms with van der Waals surface area (Å²) in [6, 6.07) is 10.3. The van der Waals surface area contributed by atoms with Gasteiger partial charge in [0.25, 0.3) is 0 Å². The predicted octanol–water partition coefficient (Wildman–Crippen LogP) is 1.44. The Hall–Kier alpha value is -3.10. The van der Waals surface area contributed by atoms with Crippen LogP contribution in [0.25, 0.3) is 0 Å². The third-order valence-corrected chi connectivity index (χ3v) is 6.76. The maximum Gasteiger partial charge on any atom is 0.250 e. The molecule has 3 N–H and O–H groups in total. The molecule has 2 aromatic rings. The van der Waals surface area contributed by atoms with E-state index in [4.69, 9.17) is 0 Å². The third-order valence-electron chi connectivity index (χ3n) is 6.76. The normalized spacial score (nSPS) is 30.0. The van der Waals surface area contributed by atoms with Crippen LogP contribution in [0.5, 0.6) is 0 Å². The fraction of sp³-hybridized carbons (Fsp3) is 0.348. The van der Waals surface area contributed by atoms with Gasteiger partial charge in [0.2, 0.25) is 17.7 Å². The van der Waals surface area contributed by atoms with Crippen molar-refractivity contribution in [1.29, 1.82) is 0 Å². The van der Waals surface area contributed by atoms with Gasteiger partial charge < -0.3 is 10.4 Å². The van der Waals surface area contributed by atoms with Gasteiger partial charge in [-0.25, -0.2) is 4.39 Å². The molecule has 8 heteroatoms. The standard InChI is InChI=1S/C23H22FN3O4/c1-11-4-3-5-15-18(11)25-22(31)23(15)17-16(19(26-23)12(2)28)20(29)27(21(17)30)10-13-6-8-14(24)9-7-13/h3-9,12,16-17,19,26,28H,10H2,1-2H3,(H,25,31)/t12-,16-,17-,19+,23-/m0/s1. The number of aliphatic hydroxyl groups excluding tert-OH is 1. The molecule has 3 aliphatic rings. The van der Waals surface area contributed by atoms with E-state index < -0.39 is 53.1 Å². The largest absolute Gasteiger partial charge is 0.392 e. The molecule has 1 spiro atoms. The van der Waals surface area contributed by atoms with Gasteiger partial charge in [-0.15, -0.1) is 0 Å². The van der Waals surface area contributed by atoms with Gasteiger partial charge in [-0.1, -0.05) is 30.3 Å². The Labute approximate surface area is 178 Å². The van der Waals surface area contributed by atoms with E-state index in [1.54, 1.807) is 12.1 Å². The van der Waals surface area contributed by atoms with Crippen LogP contribution in [-0.4, -0.2) is 39.9 Å². The van der Waals surface area contributed by atoms with Crippen molar-refractivity contribution in [3.05, 3.63) is 65.0 Å². The van der Waals surface area contributed by atoms with E-state index in [0.717, 1.165) is 10.5 Å². The lowest BCUT2D eigenvalue weighted by atomic mass is 9.76. The van der Waals surface area contributed by atoms with Gasteiger partial charge in [-0.3, -0.25) is 24.6 Å². The molecule has 2 fully saturated rings. The molecule has 0 saturated carbocycles. The Bertz CT molecular complexity index is 1120. The molecule has 160 valence electrons. The van der Waals surface area contributed by atoms with Crippen LogP contribution >= 0.6 is 0 Å². The van der Waals surface area contributed by atoms with Crippen molar-refractivity contribution in [2.45, 2.75) is 38.1 Å². The number of nitrogens with one attached hydrogen (secondary N) is 2. The molecule has 5 atom stereocenters. The molecule has 0 bridgehead atoms. The summed E-state index contributed by atoms with van der Waals surface area (Å²) in [5, 5.41) is 16.5.